The van der Waals surface area contributed by atoms with Gasteiger partial charge in [-0.05, 0) is 38.8 Å². The van der Waals surface area contributed by atoms with E-state index in [1.807, 2.05) is 6.07 Å². The number of nitrogens with zero attached hydrogens (tertiary/aromatic N) is 1. The van der Waals surface area contributed by atoms with Crippen LogP contribution in [0.25, 0.3) is 0 Å². The molecule has 2 saturated heterocycles. The number of likely N-dealkylation sites (tertiary alicyclic amines) is 1. The summed E-state index contributed by atoms with van der Waals surface area (Å²) in [5.74, 6) is 0.681. The highest BCUT2D eigenvalue weighted by Gasteiger charge is 2.54. The largest absolute Gasteiger partial charge is 0.339 e. The predicted octanol–water partition coefficient (Wildman–Crippen LogP) is 2.39. The van der Waals surface area contributed by atoms with Crippen molar-refractivity contribution in [2.24, 2.45) is 5.41 Å². The third-order valence-electron chi connectivity index (χ3n) is 4.98. The molecule has 2 heterocycles. The van der Waals surface area contributed by atoms with Crippen LogP contribution in [0.2, 0.25) is 0 Å². The van der Waals surface area contributed by atoms with Crippen LogP contribution in [-0.2, 0) is 4.79 Å². The highest BCUT2D eigenvalue weighted by Crippen LogP contribution is 2.48. The third kappa shape index (κ3) is 2.05. The van der Waals surface area contributed by atoms with Gasteiger partial charge in [-0.15, -0.1) is 0 Å². The van der Waals surface area contributed by atoms with Gasteiger partial charge in [-0.3, -0.25) is 4.79 Å². The lowest BCUT2D eigenvalue weighted by Crippen LogP contribution is -2.48. The van der Waals surface area contributed by atoms with E-state index in [1.54, 1.807) is 0 Å². The van der Waals surface area contributed by atoms with Crippen LogP contribution in [0.5, 0.6) is 0 Å². The Balaban J connectivity index is 2.00. The van der Waals surface area contributed by atoms with Crippen molar-refractivity contribution in [2.45, 2.75) is 38.6 Å². The number of benzene rings is 1. The Morgan fingerprint density at radius 3 is 2.65 bits per heavy atom. The Hall–Kier alpha value is -1.35. The zero-order valence-electron chi connectivity index (χ0n) is 12.4. The van der Waals surface area contributed by atoms with E-state index in [-0.39, 0.29) is 11.5 Å². The van der Waals surface area contributed by atoms with Gasteiger partial charge in [0.2, 0.25) is 5.91 Å². The number of amides is 1. The van der Waals surface area contributed by atoms with Crippen LogP contribution in [0.15, 0.2) is 30.3 Å². The van der Waals surface area contributed by atoms with Crippen LogP contribution in [0.3, 0.4) is 0 Å². The van der Waals surface area contributed by atoms with Crippen molar-refractivity contribution in [3.05, 3.63) is 35.9 Å². The molecule has 1 aromatic rings. The molecule has 0 aromatic heterocycles. The molecule has 0 bridgehead atoms. The Bertz CT molecular complexity index is 477. The van der Waals surface area contributed by atoms with E-state index >= 15 is 0 Å². The van der Waals surface area contributed by atoms with Gasteiger partial charge in [0.05, 0.1) is 5.41 Å². The molecule has 1 aromatic carbocycles. The topological polar surface area (TPSA) is 32.3 Å². The fourth-order valence-corrected chi connectivity index (χ4v) is 3.85. The Morgan fingerprint density at radius 1 is 1.30 bits per heavy atom. The van der Waals surface area contributed by atoms with Crippen molar-refractivity contribution >= 4 is 5.91 Å². The summed E-state index contributed by atoms with van der Waals surface area (Å²) < 4.78 is 0. The fraction of sp³-hybridized carbons (Fsp3) is 0.588. The van der Waals surface area contributed by atoms with E-state index in [9.17, 15) is 4.79 Å². The van der Waals surface area contributed by atoms with Gasteiger partial charge >= 0.3 is 0 Å². The minimum Gasteiger partial charge on any atom is -0.339 e. The van der Waals surface area contributed by atoms with Crippen molar-refractivity contribution in [3.63, 3.8) is 0 Å². The summed E-state index contributed by atoms with van der Waals surface area (Å²) in [4.78, 5) is 15.1. The standard InChI is InChI=1S/C17H24N2O/c1-13(2)19-11-15(14-7-4-3-5-8-14)17(16(19)20)9-6-10-18-12-17/h3-5,7-8,13,15,18H,6,9-12H2,1-2H3/t15-,17+/m1/s1. The van der Waals surface area contributed by atoms with Gasteiger partial charge in [0.25, 0.3) is 0 Å². The van der Waals surface area contributed by atoms with Gasteiger partial charge < -0.3 is 10.2 Å². The maximum absolute atomic E-state index is 13.0. The molecule has 3 rings (SSSR count). The zero-order chi connectivity index (χ0) is 14.2. The second kappa shape index (κ2) is 5.21. The lowest BCUT2D eigenvalue weighted by Gasteiger charge is -2.37. The number of rotatable bonds is 2. The minimum atomic E-state index is -0.218. The molecule has 0 aliphatic carbocycles. The average molecular weight is 272 g/mol. The van der Waals surface area contributed by atoms with E-state index in [2.05, 4.69) is 48.3 Å². The number of carbonyl (C=O) groups excluding carboxylic acids is 1. The van der Waals surface area contributed by atoms with Crippen LogP contribution >= 0.6 is 0 Å². The molecule has 2 atom stereocenters. The zero-order valence-corrected chi connectivity index (χ0v) is 12.4. The Labute approximate surface area is 121 Å². The SMILES string of the molecule is CC(C)N1C[C@H](c2ccccc2)[C@@]2(CCCNC2)C1=O. The van der Waals surface area contributed by atoms with Gasteiger partial charge in [0.1, 0.15) is 0 Å². The van der Waals surface area contributed by atoms with Gasteiger partial charge in [0, 0.05) is 25.0 Å². The summed E-state index contributed by atoms with van der Waals surface area (Å²) in [7, 11) is 0. The predicted molar refractivity (Wildman–Crippen MR) is 80.6 cm³/mol. The van der Waals surface area contributed by atoms with Crippen molar-refractivity contribution in [2.75, 3.05) is 19.6 Å². The molecule has 1 amide bonds. The molecule has 108 valence electrons. The first-order chi connectivity index (χ1) is 9.65. The first-order valence-electron chi connectivity index (χ1n) is 7.72. The summed E-state index contributed by atoms with van der Waals surface area (Å²) in [5, 5.41) is 3.46. The summed E-state index contributed by atoms with van der Waals surface area (Å²) >= 11 is 0. The Morgan fingerprint density at radius 2 is 2.05 bits per heavy atom. The molecule has 0 radical (unpaired) electrons. The molecule has 0 saturated carbocycles. The van der Waals surface area contributed by atoms with Gasteiger partial charge in [0.15, 0.2) is 0 Å². The van der Waals surface area contributed by atoms with Crippen LogP contribution in [0.4, 0.5) is 0 Å². The molecule has 1 N–H and O–H groups in total. The van der Waals surface area contributed by atoms with E-state index in [0.717, 1.165) is 32.5 Å². The van der Waals surface area contributed by atoms with Gasteiger partial charge in [-0.1, -0.05) is 30.3 Å². The van der Waals surface area contributed by atoms with Crippen molar-refractivity contribution in [1.29, 1.82) is 0 Å². The second-order valence-electron chi connectivity index (χ2n) is 6.45. The van der Waals surface area contributed by atoms with Crippen LogP contribution in [0, 0.1) is 5.41 Å². The van der Waals surface area contributed by atoms with Gasteiger partial charge in [-0.2, -0.15) is 0 Å². The number of nitrogens with one attached hydrogen (secondary N) is 1. The molecule has 0 unspecified atom stereocenters. The lowest BCUT2D eigenvalue weighted by molar-refractivity contribution is -0.138. The van der Waals surface area contributed by atoms with E-state index in [4.69, 9.17) is 0 Å². The molecule has 3 nitrogen and oxygen atoms in total. The number of hydrogen-bond donors (Lipinski definition) is 1. The molecular formula is C17H24N2O. The first-order valence-corrected chi connectivity index (χ1v) is 7.72. The van der Waals surface area contributed by atoms with E-state index in [1.165, 1.54) is 5.56 Å². The van der Waals surface area contributed by atoms with Crippen molar-refractivity contribution in [1.82, 2.24) is 10.2 Å². The highest BCUT2D eigenvalue weighted by atomic mass is 16.2. The fourth-order valence-electron chi connectivity index (χ4n) is 3.85. The molecule has 2 aliphatic rings. The number of carbonyl (C=O) groups is 1. The Kier molecular flexibility index (Phi) is 3.55. The van der Waals surface area contributed by atoms with E-state index < -0.39 is 0 Å². The monoisotopic (exact) mass is 272 g/mol. The number of hydrogen-bond acceptors (Lipinski definition) is 2. The normalized spacial score (nSPS) is 30.4. The summed E-state index contributed by atoms with van der Waals surface area (Å²) in [5.41, 5.74) is 1.09. The van der Waals surface area contributed by atoms with Crippen molar-refractivity contribution < 1.29 is 4.79 Å². The number of piperidine rings is 1. The first kappa shape index (κ1) is 13.6. The summed E-state index contributed by atoms with van der Waals surface area (Å²) in [6.45, 7) is 6.97. The molecule has 2 aliphatic heterocycles. The molecular weight excluding hydrogens is 248 g/mol. The maximum Gasteiger partial charge on any atom is 0.231 e. The van der Waals surface area contributed by atoms with Crippen LogP contribution in [-0.4, -0.2) is 36.5 Å². The maximum atomic E-state index is 13.0. The van der Waals surface area contributed by atoms with Gasteiger partial charge in [-0.25, -0.2) is 0 Å². The minimum absolute atomic E-state index is 0.218. The smallest absolute Gasteiger partial charge is 0.231 e. The summed E-state index contributed by atoms with van der Waals surface area (Å²) in [6, 6.07) is 10.9. The lowest BCUT2D eigenvalue weighted by atomic mass is 9.69. The van der Waals surface area contributed by atoms with Crippen LogP contribution in [0.1, 0.15) is 38.2 Å². The van der Waals surface area contributed by atoms with Crippen molar-refractivity contribution in [3.8, 4) is 0 Å². The van der Waals surface area contributed by atoms with Crippen LogP contribution < -0.4 is 5.32 Å². The third-order valence-corrected chi connectivity index (χ3v) is 4.98. The molecule has 20 heavy (non-hydrogen) atoms. The quantitative estimate of drug-likeness (QED) is 0.896. The molecule has 3 heteroatoms. The molecule has 2 fully saturated rings. The molecule has 1 spiro atoms. The second-order valence-corrected chi connectivity index (χ2v) is 6.45. The highest BCUT2D eigenvalue weighted by molar-refractivity contribution is 5.87. The summed E-state index contributed by atoms with van der Waals surface area (Å²) in [6.07, 6.45) is 2.11. The average Bonchev–Trinajstić information content (AvgIpc) is 2.75. The van der Waals surface area contributed by atoms with E-state index in [0.29, 0.717) is 11.8 Å².